The predicted molar refractivity (Wildman–Crippen MR) is 74.7 cm³/mol. The Morgan fingerprint density at radius 2 is 1.78 bits per heavy atom. The second-order valence-corrected chi connectivity index (χ2v) is 5.54. The maximum atomic E-state index is 11.6. The Bertz CT molecular complexity index is 263. The Balaban J connectivity index is -0.00000128. The molecule has 2 atom stereocenters. The second kappa shape index (κ2) is 12.6. The first-order valence-corrected chi connectivity index (χ1v) is 8.08. The zero-order chi connectivity index (χ0) is 13.3. The van der Waals surface area contributed by atoms with Crippen molar-refractivity contribution < 1.29 is 45.7 Å². The van der Waals surface area contributed by atoms with E-state index in [0.717, 1.165) is 5.75 Å². The van der Waals surface area contributed by atoms with Gasteiger partial charge in [-0.3, -0.25) is 4.79 Å². The number of carboxylic acids is 1. The molecule has 0 bridgehead atoms. The molecule has 0 aliphatic carbocycles. The van der Waals surface area contributed by atoms with Gasteiger partial charge in [-0.1, -0.05) is 0 Å². The van der Waals surface area contributed by atoms with Gasteiger partial charge < -0.3 is 17.6 Å². The van der Waals surface area contributed by atoms with Crippen molar-refractivity contribution in [3.63, 3.8) is 0 Å². The molecule has 0 aromatic rings. The molecular weight excluding hydrogens is 283 g/mol. The van der Waals surface area contributed by atoms with E-state index in [1.165, 1.54) is 0 Å². The smallest absolute Gasteiger partial charge is 1.00 e. The predicted octanol–water partition coefficient (Wildman–Crippen LogP) is -2.49. The molecule has 102 valence electrons. The van der Waals surface area contributed by atoms with Crippen LogP contribution in [0.5, 0.6) is 0 Å². The van der Waals surface area contributed by atoms with E-state index in [0.29, 0.717) is 18.6 Å². The van der Waals surface area contributed by atoms with E-state index < -0.39 is 18.1 Å². The summed E-state index contributed by atoms with van der Waals surface area (Å²) in [6, 6.07) is -1.46. The number of rotatable bonds is 9. The minimum atomic E-state index is -1.01. The van der Waals surface area contributed by atoms with E-state index in [9.17, 15) is 9.59 Å². The number of carboxylic acid groups (broad SMARTS) is 1. The third-order valence-electron chi connectivity index (χ3n) is 2.19. The molecule has 0 unspecified atom stereocenters. The topological polar surface area (TPSA) is 92.4 Å². The zero-order valence-electron chi connectivity index (χ0n) is 12.1. The average molecular weight is 304 g/mol. The van der Waals surface area contributed by atoms with Gasteiger partial charge in [-0.2, -0.15) is 23.5 Å². The number of nitrogens with one attached hydrogen (secondary N) is 1. The first kappa shape index (κ1) is 20.9. The number of carbonyl (C=O) groups is 2. The van der Waals surface area contributed by atoms with E-state index in [1.54, 1.807) is 23.5 Å². The minimum Gasteiger partial charge on any atom is -1.00 e. The molecule has 0 aromatic carbocycles. The molecule has 0 radical (unpaired) electrons. The van der Waals surface area contributed by atoms with E-state index in [1.807, 2.05) is 12.5 Å². The first-order valence-electron chi connectivity index (χ1n) is 5.29. The van der Waals surface area contributed by atoms with Gasteiger partial charge in [0.1, 0.15) is 6.04 Å². The number of carbonyl (C=O) groups excluding carboxylic acids is 1. The molecule has 18 heavy (non-hydrogen) atoms. The van der Waals surface area contributed by atoms with Gasteiger partial charge in [-0.15, -0.1) is 0 Å². The van der Waals surface area contributed by atoms with Gasteiger partial charge in [0.2, 0.25) is 5.91 Å². The molecule has 5 nitrogen and oxygen atoms in total. The second-order valence-electron chi connectivity index (χ2n) is 3.57. The Morgan fingerprint density at radius 1 is 1.28 bits per heavy atom. The van der Waals surface area contributed by atoms with Crippen LogP contribution in [0.15, 0.2) is 0 Å². The molecule has 8 heteroatoms. The number of hydrogen-bond acceptors (Lipinski definition) is 5. The third kappa shape index (κ3) is 9.52. The van der Waals surface area contributed by atoms with Crippen molar-refractivity contribution in [1.82, 2.24) is 5.32 Å². The van der Waals surface area contributed by atoms with Crippen LogP contribution < -0.4 is 40.6 Å². The summed E-state index contributed by atoms with van der Waals surface area (Å²) >= 11 is 3.15. The maximum absolute atomic E-state index is 11.6. The Hall–Kier alpha value is 0.600. The molecule has 0 aromatic heterocycles. The van der Waals surface area contributed by atoms with Crippen LogP contribution >= 0.6 is 23.5 Å². The van der Waals surface area contributed by atoms with E-state index in [2.05, 4.69) is 5.32 Å². The van der Waals surface area contributed by atoms with Gasteiger partial charge in [-0.25, -0.2) is 4.79 Å². The monoisotopic (exact) mass is 304 g/mol. The number of thioether (sulfide) groups is 2. The van der Waals surface area contributed by atoms with E-state index in [4.69, 9.17) is 10.8 Å². The van der Waals surface area contributed by atoms with Crippen LogP contribution in [0.3, 0.4) is 0 Å². The van der Waals surface area contributed by atoms with Gasteiger partial charge in [-0.05, 0) is 36.9 Å². The van der Waals surface area contributed by atoms with Gasteiger partial charge in [0.15, 0.2) is 0 Å². The summed E-state index contributed by atoms with van der Waals surface area (Å²) in [7, 11) is 0. The first-order chi connectivity index (χ1) is 8.02. The molecule has 0 heterocycles. The normalized spacial score (nSPS) is 13.3. The summed E-state index contributed by atoms with van der Waals surface area (Å²) < 4.78 is 0. The Labute approximate surface area is 140 Å². The van der Waals surface area contributed by atoms with E-state index >= 15 is 0 Å². The standard InChI is InChI=1S/C10H20N2O3S2.Na.H/c1-16-5-3-7(11)9(13)12-8(10(14)15)4-6-17-2;;/h7-8H,3-6,11H2,1-2H3,(H,12,13)(H,14,15);;/q;+1;-1/t7-,8-;;/m0../s1. The SMILES string of the molecule is CSCC[C@H](NC(=O)[C@@H](N)CCSC)C(=O)O.[H-].[Na+]. The fourth-order valence-electron chi connectivity index (χ4n) is 1.15. The van der Waals surface area contributed by atoms with Gasteiger partial charge >= 0.3 is 35.5 Å². The summed E-state index contributed by atoms with van der Waals surface area (Å²) in [4.78, 5) is 22.5. The van der Waals surface area contributed by atoms with Crippen LogP contribution in [-0.4, -0.2) is 53.1 Å². The van der Waals surface area contributed by atoms with Crippen LogP contribution in [0.4, 0.5) is 0 Å². The molecule has 0 spiro atoms. The Kier molecular flexibility index (Phi) is 14.7. The molecule has 4 N–H and O–H groups in total. The summed E-state index contributed by atoms with van der Waals surface area (Å²) in [6.45, 7) is 0. The van der Waals surface area contributed by atoms with E-state index in [-0.39, 0.29) is 36.9 Å². The van der Waals surface area contributed by atoms with Crippen LogP contribution in [0, 0.1) is 0 Å². The molecule has 0 rings (SSSR count). The van der Waals surface area contributed by atoms with Crippen LogP contribution in [0.2, 0.25) is 0 Å². The van der Waals surface area contributed by atoms with Gasteiger partial charge in [0.05, 0.1) is 6.04 Å². The number of amides is 1. The van der Waals surface area contributed by atoms with Crippen molar-refractivity contribution in [2.24, 2.45) is 5.73 Å². The summed E-state index contributed by atoms with van der Waals surface area (Å²) in [5.41, 5.74) is 5.66. The van der Waals surface area contributed by atoms with Crippen molar-refractivity contribution in [3.05, 3.63) is 0 Å². The van der Waals surface area contributed by atoms with Gasteiger partial charge in [0, 0.05) is 0 Å². The molecule has 0 fully saturated rings. The van der Waals surface area contributed by atoms with Crippen LogP contribution in [-0.2, 0) is 9.59 Å². The van der Waals surface area contributed by atoms with Crippen LogP contribution in [0.25, 0.3) is 0 Å². The summed E-state index contributed by atoms with van der Waals surface area (Å²) in [5, 5.41) is 11.4. The van der Waals surface area contributed by atoms with Crippen molar-refractivity contribution in [1.29, 1.82) is 0 Å². The summed E-state index contributed by atoms with van der Waals surface area (Å²) in [5.74, 6) is 0.0889. The minimum absolute atomic E-state index is 0. The molecule has 0 saturated carbocycles. The van der Waals surface area contributed by atoms with Crippen molar-refractivity contribution in [2.75, 3.05) is 24.0 Å². The van der Waals surface area contributed by atoms with Crippen LogP contribution in [0.1, 0.15) is 14.3 Å². The molecule has 1 amide bonds. The average Bonchev–Trinajstić information content (AvgIpc) is 2.30. The number of aliphatic carboxylic acids is 1. The van der Waals surface area contributed by atoms with Gasteiger partial charge in [0.25, 0.3) is 0 Å². The molecule has 0 aliphatic heterocycles. The quantitative estimate of drug-likeness (QED) is 0.408. The molecule has 0 aliphatic rings. The largest absolute Gasteiger partial charge is 1.00 e. The molecular formula is C10H21N2NaO3S2. The van der Waals surface area contributed by atoms with Crippen molar-refractivity contribution in [3.8, 4) is 0 Å². The van der Waals surface area contributed by atoms with Crippen molar-refractivity contribution >= 4 is 35.4 Å². The molecule has 0 saturated heterocycles. The third-order valence-corrected chi connectivity index (χ3v) is 3.48. The number of hydrogen-bond donors (Lipinski definition) is 3. The van der Waals surface area contributed by atoms with Crippen molar-refractivity contribution in [2.45, 2.75) is 24.9 Å². The Morgan fingerprint density at radius 3 is 2.22 bits per heavy atom. The number of nitrogens with two attached hydrogens (primary N) is 1. The fourth-order valence-corrected chi connectivity index (χ4v) is 2.11. The summed E-state index contributed by atoms with van der Waals surface area (Å²) in [6.07, 6.45) is 4.80. The zero-order valence-corrected chi connectivity index (χ0v) is 14.8. The maximum Gasteiger partial charge on any atom is 1.00 e. The fraction of sp³-hybridized carbons (Fsp3) is 0.800.